The zero-order valence-electron chi connectivity index (χ0n) is 6.96. The van der Waals surface area contributed by atoms with Gasteiger partial charge in [-0.3, -0.25) is 4.68 Å². The lowest BCUT2D eigenvalue weighted by Gasteiger charge is -2.25. The Labute approximate surface area is 81.1 Å². The normalized spacial score (nSPS) is 17.8. The number of rotatable bonds is 2. The molecule has 1 aromatic heterocycles. The number of hydrogen-bond donors (Lipinski definition) is 0. The second-order valence-corrected chi connectivity index (χ2v) is 4.01. The van der Waals surface area contributed by atoms with E-state index in [0.717, 1.165) is 11.0 Å². The Morgan fingerprint density at radius 3 is 2.83 bits per heavy atom. The third kappa shape index (κ3) is 1.30. The highest BCUT2D eigenvalue weighted by atomic mass is 79.9. The summed E-state index contributed by atoms with van der Waals surface area (Å²) >= 11 is 3.43. The van der Waals surface area contributed by atoms with Crippen LogP contribution >= 0.6 is 15.9 Å². The van der Waals surface area contributed by atoms with Gasteiger partial charge in [0.05, 0.1) is 6.04 Å². The van der Waals surface area contributed by atoms with Crippen molar-refractivity contribution in [3.63, 3.8) is 0 Å². The Bertz CT molecular complexity index is 276. The van der Waals surface area contributed by atoms with Crippen LogP contribution < -0.4 is 0 Å². The van der Waals surface area contributed by atoms with Crippen molar-refractivity contribution < 1.29 is 0 Å². The fraction of sp³-hybridized carbons (Fsp3) is 0.556. The lowest BCUT2D eigenvalue weighted by Crippen LogP contribution is -2.17. The van der Waals surface area contributed by atoms with Gasteiger partial charge in [-0.15, -0.1) is 0 Å². The molecule has 0 aliphatic heterocycles. The van der Waals surface area contributed by atoms with Crippen molar-refractivity contribution in [1.82, 2.24) is 9.78 Å². The van der Waals surface area contributed by atoms with E-state index in [-0.39, 0.29) is 0 Å². The quantitative estimate of drug-likeness (QED) is 0.760. The van der Waals surface area contributed by atoms with E-state index < -0.39 is 0 Å². The molecule has 12 heavy (non-hydrogen) atoms. The lowest BCUT2D eigenvalue weighted by atomic mass is 9.93. The zero-order valence-corrected chi connectivity index (χ0v) is 8.55. The molecular weight excluding hydrogens is 216 g/mol. The van der Waals surface area contributed by atoms with Crippen molar-refractivity contribution in [3.05, 3.63) is 23.3 Å². The lowest BCUT2D eigenvalue weighted by molar-refractivity contribution is 0.288. The molecule has 1 aliphatic carbocycles. The predicted molar refractivity (Wildman–Crippen MR) is 51.9 cm³/mol. The maximum Gasteiger partial charge on any atom is 0.131 e. The summed E-state index contributed by atoms with van der Waals surface area (Å²) in [5.74, 6) is 0. The molecule has 2 rings (SSSR count). The highest BCUT2D eigenvalue weighted by Crippen LogP contribution is 2.32. The molecule has 0 saturated heterocycles. The summed E-state index contributed by atoms with van der Waals surface area (Å²) in [6, 6.07) is 0.654. The second-order valence-electron chi connectivity index (χ2n) is 3.26. The minimum Gasteiger partial charge on any atom is -0.268 e. The topological polar surface area (TPSA) is 17.8 Å². The molecule has 0 aromatic carbocycles. The average molecular weight is 228 g/mol. The van der Waals surface area contributed by atoms with Crippen LogP contribution in [0.25, 0.3) is 0 Å². The molecule has 0 amide bonds. The number of hydrogen-bond acceptors (Lipinski definition) is 1. The zero-order chi connectivity index (χ0) is 8.55. The van der Waals surface area contributed by atoms with Crippen LogP contribution in [0.2, 0.25) is 0 Å². The summed E-state index contributed by atoms with van der Waals surface area (Å²) in [7, 11) is 0. The summed E-state index contributed by atoms with van der Waals surface area (Å²) in [6.07, 6.45) is 6.84. The van der Waals surface area contributed by atoms with Crippen LogP contribution in [-0.4, -0.2) is 9.78 Å². The molecule has 0 atom stereocenters. The van der Waals surface area contributed by atoms with Gasteiger partial charge in [-0.05, 0) is 48.5 Å². The van der Waals surface area contributed by atoms with Crippen molar-refractivity contribution in [2.24, 2.45) is 0 Å². The SMILES string of the molecule is [CH2]Cc1cn(C2CCC2)nc1Br. The van der Waals surface area contributed by atoms with Gasteiger partial charge < -0.3 is 0 Å². The van der Waals surface area contributed by atoms with Gasteiger partial charge >= 0.3 is 0 Å². The molecule has 1 saturated carbocycles. The maximum absolute atomic E-state index is 4.40. The van der Waals surface area contributed by atoms with E-state index in [4.69, 9.17) is 0 Å². The number of aromatic nitrogens is 2. The van der Waals surface area contributed by atoms with Gasteiger partial charge in [0, 0.05) is 11.8 Å². The van der Waals surface area contributed by atoms with Gasteiger partial charge in [-0.2, -0.15) is 5.10 Å². The van der Waals surface area contributed by atoms with Crippen LogP contribution in [0.3, 0.4) is 0 Å². The molecule has 65 valence electrons. The molecule has 1 heterocycles. The van der Waals surface area contributed by atoms with E-state index in [1.807, 2.05) is 0 Å². The summed E-state index contributed by atoms with van der Waals surface area (Å²) < 4.78 is 3.04. The Kier molecular flexibility index (Phi) is 2.22. The fourth-order valence-electron chi connectivity index (χ4n) is 1.41. The van der Waals surface area contributed by atoms with Crippen molar-refractivity contribution in [2.75, 3.05) is 0 Å². The van der Waals surface area contributed by atoms with E-state index in [9.17, 15) is 0 Å². The highest BCUT2D eigenvalue weighted by Gasteiger charge is 2.20. The monoisotopic (exact) mass is 227 g/mol. The maximum atomic E-state index is 4.40. The Morgan fingerprint density at radius 1 is 1.67 bits per heavy atom. The standard InChI is InChI=1S/C9H12BrN2/c1-2-7-6-12(11-9(7)10)8-4-3-5-8/h6,8H,1-5H2. The van der Waals surface area contributed by atoms with Crippen LogP contribution in [0.1, 0.15) is 30.9 Å². The summed E-state index contributed by atoms with van der Waals surface area (Å²) in [5.41, 5.74) is 1.21. The summed E-state index contributed by atoms with van der Waals surface area (Å²) in [5, 5.41) is 4.40. The molecule has 1 fully saturated rings. The van der Waals surface area contributed by atoms with Crippen LogP contribution in [0, 0.1) is 6.92 Å². The Balaban J connectivity index is 2.21. The van der Waals surface area contributed by atoms with Gasteiger partial charge in [0.15, 0.2) is 0 Å². The van der Waals surface area contributed by atoms with E-state index in [1.165, 1.54) is 24.8 Å². The molecule has 1 aromatic rings. The van der Waals surface area contributed by atoms with E-state index in [0.29, 0.717) is 6.04 Å². The molecule has 1 radical (unpaired) electrons. The van der Waals surface area contributed by atoms with Crippen molar-refractivity contribution in [1.29, 1.82) is 0 Å². The summed E-state index contributed by atoms with van der Waals surface area (Å²) in [6.45, 7) is 3.85. The van der Waals surface area contributed by atoms with Gasteiger partial charge in [0.2, 0.25) is 0 Å². The predicted octanol–water partition coefficient (Wildman–Crippen LogP) is 2.75. The molecule has 0 spiro atoms. The van der Waals surface area contributed by atoms with Crippen LogP contribution in [0.4, 0.5) is 0 Å². The summed E-state index contributed by atoms with van der Waals surface area (Å²) in [4.78, 5) is 0. The molecule has 1 aliphatic rings. The molecule has 0 unspecified atom stereocenters. The van der Waals surface area contributed by atoms with Gasteiger partial charge in [-0.1, -0.05) is 0 Å². The second kappa shape index (κ2) is 3.21. The Hall–Kier alpha value is -0.310. The first-order chi connectivity index (χ1) is 5.81. The smallest absolute Gasteiger partial charge is 0.131 e. The largest absolute Gasteiger partial charge is 0.268 e. The molecule has 2 nitrogen and oxygen atoms in total. The van der Waals surface area contributed by atoms with Gasteiger partial charge in [0.25, 0.3) is 0 Å². The first-order valence-corrected chi connectivity index (χ1v) is 5.13. The van der Waals surface area contributed by atoms with Crippen LogP contribution in [-0.2, 0) is 6.42 Å². The molecule has 3 heteroatoms. The first kappa shape index (κ1) is 8.30. The van der Waals surface area contributed by atoms with Crippen molar-refractivity contribution in [2.45, 2.75) is 31.7 Å². The average Bonchev–Trinajstić information content (AvgIpc) is 2.27. The fourth-order valence-corrected chi connectivity index (χ4v) is 1.90. The molecular formula is C9H12BrN2. The molecule has 0 N–H and O–H groups in total. The Morgan fingerprint density at radius 2 is 2.42 bits per heavy atom. The minimum atomic E-state index is 0.654. The number of halogens is 1. The third-order valence-electron chi connectivity index (χ3n) is 2.47. The minimum absolute atomic E-state index is 0.654. The van der Waals surface area contributed by atoms with E-state index in [2.05, 4.69) is 38.8 Å². The number of nitrogens with zero attached hydrogens (tertiary/aromatic N) is 2. The van der Waals surface area contributed by atoms with E-state index >= 15 is 0 Å². The van der Waals surface area contributed by atoms with E-state index in [1.54, 1.807) is 0 Å². The van der Waals surface area contributed by atoms with Gasteiger partial charge in [0.1, 0.15) is 4.60 Å². The van der Waals surface area contributed by atoms with Crippen LogP contribution in [0.5, 0.6) is 0 Å². The third-order valence-corrected chi connectivity index (χ3v) is 3.14. The highest BCUT2D eigenvalue weighted by molar-refractivity contribution is 9.10. The van der Waals surface area contributed by atoms with Crippen molar-refractivity contribution in [3.8, 4) is 0 Å². The first-order valence-electron chi connectivity index (χ1n) is 4.34. The van der Waals surface area contributed by atoms with Crippen molar-refractivity contribution >= 4 is 15.9 Å². The molecule has 0 bridgehead atoms. The van der Waals surface area contributed by atoms with Crippen LogP contribution in [0.15, 0.2) is 10.8 Å². The van der Waals surface area contributed by atoms with Gasteiger partial charge in [-0.25, -0.2) is 0 Å².